The Hall–Kier alpha value is -2.82. The fraction of sp³-hybridized carbons (Fsp3) is 0.263. The van der Waals surface area contributed by atoms with Crippen LogP contribution in [0, 0.1) is 6.92 Å². The van der Waals surface area contributed by atoms with Crippen LogP contribution in [-0.4, -0.2) is 17.5 Å². The van der Waals surface area contributed by atoms with Crippen molar-refractivity contribution in [3.8, 4) is 5.75 Å². The second kappa shape index (κ2) is 8.72. The average molecular weight is 325 g/mol. The molecule has 0 aliphatic heterocycles. The Bertz CT molecular complexity index is 726. The Balaban J connectivity index is 1.97. The molecule has 1 aromatic carbocycles. The van der Waals surface area contributed by atoms with Crippen LogP contribution in [0.2, 0.25) is 0 Å². The van der Waals surface area contributed by atoms with Crippen LogP contribution < -0.4 is 15.8 Å². The van der Waals surface area contributed by atoms with Crippen molar-refractivity contribution in [2.24, 2.45) is 0 Å². The monoisotopic (exact) mass is 325 g/mol. The number of hydrogen-bond donors (Lipinski definition) is 2. The second-order valence-electron chi connectivity index (χ2n) is 5.43. The molecule has 0 aliphatic rings. The molecule has 0 radical (unpaired) electrons. The lowest BCUT2D eigenvalue weighted by molar-refractivity contribution is 0.102. The molecular weight excluding hydrogens is 302 g/mol. The van der Waals surface area contributed by atoms with Crippen LogP contribution in [0.1, 0.15) is 35.8 Å². The van der Waals surface area contributed by atoms with E-state index in [1.165, 1.54) is 0 Å². The zero-order chi connectivity index (χ0) is 17.4. The van der Waals surface area contributed by atoms with Crippen molar-refractivity contribution in [1.29, 1.82) is 0 Å². The minimum Gasteiger partial charge on any atom is -0.494 e. The van der Waals surface area contributed by atoms with Crippen LogP contribution in [-0.2, 0) is 0 Å². The number of hydrogen-bond acceptors (Lipinski definition) is 4. The van der Waals surface area contributed by atoms with E-state index < -0.39 is 0 Å². The molecule has 126 valence electrons. The summed E-state index contributed by atoms with van der Waals surface area (Å²) in [6, 6.07) is 10.7. The number of nitrogen functional groups attached to an aromatic ring is 1. The predicted molar refractivity (Wildman–Crippen MR) is 97.3 cm³/mol. The van der Waals surface area contributed by atoms with Gasteiger partial charge in [-0.3, -0.25) is 4.79 Å². The van der Waals surface area contributed by atoms with Gasteiger partial charge in [0.25, 0.3) is 5.91 Å². The number of amides is 1. The fourth-order valence-corrected chi connectivity index (χ4v) is 2.19. The molecule has 1 aromatic heterocycles. The summed E-state index contributed by atoms with van der Waals surface area (Å²) in [4.78, 5) is 16.4. The van der Waals surface area contributed by atoms with Gasteiger partial charge >= 0.3 is 0 Å². The highest BCUT2D eigenvalue weighted by Crippen LogP contribution is 2.19. The van der Waals surface area contributed by atoms with E-state index in [1.54, 1.807) is 18.2 Å². The summed E-state index contributed by atoms with van der Waals surface area (Å²) in [5.41, 5.74) is 7.60. The Morgan fingerprint density at radius 2 is 2.17 bits per heavy atom. The van der Waals surface area contributed by atoms with E-state index in [0.717, 1.165) is 24.3 Å². The molecule has 5 nitrogen and oxygen atoms in total. The van der Waals surface area contributed by atoms with Gasteiger partial charge in [-0.05, 0) is 51.0 Å². The number of nitrogens with two attached hydrogens (primary N) is 1. The molecule has 24 heavy (non-hydrogen) atoms. The van der Waals surface area contributed by atoms with Crippen LogP contribution in [0.25, 0.3) is 0 Å². The molecule has 5 heteroatoms. The van der Waals surface area contributed by atoms with E-state index in [2.05, 4.69) is 16.4 Å². The van der Waals surface area contributed by atoms with E-state index in [4.69, 9.17) is 10.5 Å². The molecule has 0 unspecified atom stereocenters. The van der Waals surface area contributed by atoms with Crippen molar-refractivity contribution in [1.82, 2.24) is 4.98 Å². The van der Waals surface area contributed by atoms with Crippen LogP contribution >= 0.6 is 0 Å². The largest absolute Gasteiger partial charge is 0.494 e. The second-order valence-corrected chi connectivity index (χ2v) is 5.43. The molecule has 0 aliphatic carbocycles. The van der Waals surface area contributed by atoms with E-state index >= 15 is 0 Å². The SMILES string of the molecule is CC=CCCCOc1cccc(NC(=O)c2ccc(C)nc2N)c1. The topological polar surface area (TPSA) is 77.2 Å². The normalized spacial score (nSPS) is 10.8. The van der Waals surface area contributed by atoms with Gasteiger partial charge in [0.1, 0.15) is 11.6 Å². The van der Waals surface area contributed by atoms with Gasteiger partial charge in [-0.1, -0.05) is 18.2 Å². The highest BCUT2D eigenvalue weighted by Gasteiger charge is 2.11. The molecule has 2 aromatic rings. The number of nitrogens with one attached hydrogen (secondary N) is 1. The van der Waals surface area contributed by atoms with Gasteiger partial charge < -0.3 is 15.8 Å². The van der Waals surface area contributed by atoms with Gasteiger partial charge in [0.15, 0.2) is 0 Å². The smallest absolute Gasteiger partial charge is 0.259 e. The summed E-state index contributed by atoms with van der Waals surface area (Å²) in [6.07, 6.45) is 6.08. The molecule has 3 N–H and O–H groups in total. The van der Waals surface area contributed by atoms with Gasteiger partial charge in [0.05, 0.1) is 12.2 Å². The fourth-order valence-electron chi connectivity index (χ4n) is 2.19. The van der Waals surface area contributed by atoms with Crippen LogP contribution in [0.15, 0.2) is 48.6 Å². The molecule has 0 fully saturated rings. The summed E-state index contributed by atoms with van der Waals surface area (Å²) in [7, 11) is 0. The van der Waals surface area contributed by atoms with Crippen molar-refractivity contribution < 1.29 is 9.53 Å². The standard InChI is InChI=1S/C19H23N3O2/c1-3-4-5-6-12-24-16-9-7-8-15(13-16)22-19(23)17-11-10-14(2)21-18(17)20/h3-4,7-11,13H,5-6,12H2,1-2H3,(H2,20,21)(H,22,23). The Kier molecular flexibility index (Phi) is 6.37. The maximum Gasteiger partial charge on any atom is 0.259 e. The number of pyridine rings is 1. The average Bonchev–Trinajstić information content (AvgIpc) is 2.55. The van der Waals surface area contributed by atoms with Gasteiger partial charge in [0.2, 0.25) is 0 Å². The Morgan fingerprint density at radius 3 is 2.92 bits per heavy atom. The number of anilines is 2. The molecule has 0 bridgehead atoms. The molecule has 0 spiro atoms. The van der Waals surface area contributed by atoms with Crippen molar-refractivity contribution in [2.75, 3.05) is 17.7 Å². The minimum atomic E-state index is -0.287. The summed E-state index contributed by atoms with van der Waals surface area (Å²) in [5, 5.41) is 2.82. The molecule has 1 amide bonds. The van der Waals surface area contributed by atoms with E-state index in [0.29, 0.717) is 17.9 Å². The van der Waals surface area contributed by atoms with Crippen molar-refractivity contribution >= 4 is 17.4 Å². The number of carbonyl (C=O) groups is 1. The molecular formula is C19H23N3O2. The molecule has 0 saturated heterocycles. The maximum absolute atomic E-state index is 12.3. The maximum atomic E-state index is 12.3. The summed E-state index contributed by atoms with van der Waals surface area (Å²) in [6.45, 7) is 4.47. The van der Waals surface area contributed by atoms with Crippen LogP contribution in [0.4, 0.5) is 11.5 Å². The van der Waals surface area contributed by atoms with Gasteiger partial charge in [-0.2, -0.15) is 0 Å². The van der Waals surface area contributed by atoms with E-state index in [9.17, 15) is 4.79 Å². The third-order valence-corrected chi connectivity index (χ3v) is 3.42. The Morgan fingerprint density at radius 1 is 1.33 bits per heavy atom. The Labute approximate surface area is 142 Å². The van der Waals surface area contributed by atoms with Crippen LogP contribution in [0.5, 0.6) is 5.75 Å². The van der Waals surface area contributed by atoms with Gasteiger partial charge in [-0.25, -0.2) is 4.98 Å². The minimum absolute atomic E-state index is 0.226. The number of aromatic nitrogens is 1. The number of aryl methyl sites for hydroxylation is 1. The lowest BCUT2D eigenvalue weighted by Crippen LogP contribution is -2.15. The quantitative estimate of drug-likeness (QED) is 0.596. The number of benzene rings is 1. The number of unbranched alkanes of at least 4 members (excludes halogenated alkanes) is 1. The number of rotatable bonds is 7. The zero-order valence-corrected chi connectivity index (χ0v) is 14.1. The lowest BCUT2D eigenvalue weighted by Gasteiger charge is -2.10. The molecule has 0 atom stereocenters. The molecule has 0 saturated carbocycles. The first-order valence-corrected chi connectivity index (χ1v) is 7.98. The first-order valence-electron chi connectivity index (χ1n) is 7.98. The number of ether oxygens (including phenoxy) is 1. The lowest BCUT2D eigenvalue weighted by atomic mass is 10.2. The number of nitrogens with zero attached hydrogens (tertiary/aromatic N) is 1. The third-order valence-electron chi connectivity index (χ3n) is 3.42. The molecule has 2 rings (SSSR count). The highest BCUT2D eigenvalue weighted by molar-refractivity contribution is 6.07. The van der Waals surface area contributed by atoms with Crippen molar-refractivity contribution in [3.05, 3.63) is 59.8 Å². The van der Waals surface area contributed by atoms with Crippen molar-refractivity contribution in [2.45, 2.75) is 26.7 Å². The van der Waals surface area contributed by atoms with Gasteiger partial charge in [-0.15, -0.1) is 0 Å². The number of allylic oxidation sites excluding steroid dienone is 2. The summed E-state index contributed by atoms with van der Waals surface area (Å²) >= 11 is 0. The summed E-state index contributed by atoms with van der Waals surface area (Å²) < 4.78 is 5.70. The highest BCUT2D eigenvalue weighted by atomic mass is 16.5. The van der Waals surface area contributed by atoms with E-state index in [1.807, 2.05) is 38.1 Å². The first-order chi connectivity index (χ1) is 11.6. The zero-order valence-electron chi connectivity index (χ0n) is 14.1. The van der Waals surface area contributed by atoms with Crippen molar-refractivity contribution in [3.63, 3.8) is 0 Å². The third kappa shape index (κ3) is 5.12. The van der Waals surface area contributed by atoms with E-state index in [-0.39, 0.29) is 11.7 Å². The number of carbonyl (C=O) groups excluding carboxylic acids is 1. The van der Waals surface area contributed by atoms with Crippen LogP contribution in [0.3, 0.4) is 0 Å². The first kappa shape index (κ1) is 17.5. The molecule has 1 heterocycles. The van der Waals surface area contributed by atoms with Gasteiger partial charge in [0, 0.05) is 17.4 Å². The predicted octanol–water partition coefficient (Wildman–Crippen LogP) is 3.96. The summed E-state index contributed by atoms with van der Waals surface area (Å²) in [5.74, 6) is 0.664.